The van der Waals surface area contributed by atoms with E-state index in [1.54, 1.807) is 21.9 Å². The van der Waals surface area contributed by atoms with Crippen molar-refractivity contribution in [1.82, 2.24) is 29.3 Å². The molecule has 0 bridgehead atoms. The first-order valence-electron chi connectivity index (χ1n) is 13.0. The van der Waals surface area contributed by atoms with Gasteiger partial charge in [-0.1, -0.05) is 12.1 Å². The summed E-state index contributed by atoms with van der Waals surface area (Å²) in [5.41, 5.74) is 1.06. The van der Waals surface area contributed by atoms with Gasteiger partial charge in [0, 0.05) is 36.6 Å². The van der Waals surface area contributed by atoms with Crippen molar-refractivity contribution in [2.45, 2.75) is 79.6 Å². The van der Waals surface area contributed by atoms with Gasteiger partial charge in [-0.3, -0.25) is 14.2 Å². The van der Waals surface area contributed by atoms with Crippen LogP contribution < -0.4 is 5.01 Å². The highest BCUT2D eigenvalue weighted by atomic mass is 16.4. The number of hydrogen-bond donors (Lipinski definition) is 0. The molecule has 2 aromatic heterocycles. The van der Waals surface area contributed by atoms with Gasteiger partial charge in [0.2, 0.25) is 11.8 Å². The van der Waals surface area contributed by atoms with E-state index in [-0.39, 0.29) is 55.1 Å². The quantitative estimate of drug-likeness (QED) is 0.368. The number of imidazole rings is 1. The van der Waals surface area contributed by atoms with Gasteiger partial charge in [-0.2, -0.15) is 4.98 Å². The van der Waals surface area contributed by atoms with Gasteiger partial charge in [-0.25, -0.2) is 19.8 Å². The second kappa shape index (κ2) is 12.1. The average Bonchev–Trinajstić information content (AvgIpc) is 3.50. The third-order valence-electron chi connectivity index (χ3n) is 6.11. The van der Waals surface area contributed by atoms with E-state index in [1.165, 1.54) is 33.3 Å². The molecule has 0 N–H and O–H groups in total. The van der Waals surface area contributed by atoms with Gasteiger partial charge < -0.3 is 14.2 Å². The number of para-hydroxylation sites is 2. The van der Waals surface area contributed by atoms with E-state index >= 15 is 0 Å². The minimum atomic E-state index is -0.570. The number of aromatic nitrogens is 3. The van der Waals surface area contributed by atoms with Crippen LogP contribution in [0.2, 0.25) is 0 Å². The molecule has 0 saturated heterocycles. The standard InChI is InChI=1S/C27H39N7O4/c1-18(2)33(19(3)4)24(35)15-31(26-29-22-11-9-10-12-23(22)38-26)32(27(37)30-14-13-28-17-30)16-25(36)34(20(5)6)21(7)8/h9-14,17-21H,15-16H2,1-8H3. The maximum absolute atomic E-state index is 13.8. The summed E-state index contributed by atoms with van der Waals surface area (Å²) in [7, 11) is 0. The maximum Gasteiger partial charge on any atom is 0.348 e. The van der Waals surface area contributed by atoms with Gasteiger partial charge in [-0.05, 0) is 67.5 Å². The lowest BCUT2D eigenvalue weighted by atomic mass is 10.2. The Balaban J connectivity index is 2.13. The van der Waals surface area contributed by atoms with E-state index in [1.807, 2.05) is 67.5 Å². The third-order valence-corrected chi connectivity index (χ3v) is 6.11. The van der Waals surface area contributed by atoms with E-state index in [9.17, 15) is 14.4 Å². The third kappa shape index (κ3) is 6.32. The number of nitrogens with zero attached hydrogens (tertiary/aromatic N) is 7. The minimum Gasteiger partial charge on any atom is -0.422 e. The van der Waals surface area contributed by atoms with Crippen molar-refractivity contribution < 1.29 is 18.8 Å². The van der Waals surface area contributed by atoms with E-state index in [4.69, 9.17) is 4.42 Å². The SMILES string of the molecule is CC(C)N(C(=O)CN(C(=O)n1ccnc1)N(CC(=O)N(C(C)C)C(C)C)c1nc2ccccc2o1)C(C)C. The van der Waals surface area contributed by atoms with E-state index in [0.717, 1.165) is 0 Å². The van der Waals surface area contributed by atoms with Crippen molar-refractivity contribution in [3.8, 4) is 0 Å². The molecule has 0 saturated carbocycles. The average molecular weight is 526 g/mol. The molecule has 0 atom stereocenters. The van der Waals surface area contributed by atoms with Crippen molar-refractivity contribution in [1.29, 1.82) is 0 Å². The Kier molecular flexibility index (Phi) is 9.13. The number of hydrogen-bond acceptors (Lipinski definition) is 7. The number of carbonyl (C=O) groups is 3. The summed E-state index contributed by atoms with van der Waals surface area (Å²) in [6.45, 7) is 14.8. The van der Waals surface area contributed by atoms with Crippen LogP contribution in [0.25, 0.3) is 11.1 Å². The van der Waals surface area contributed by atoms with Crippen molar-refractivity contribution in [2.75, 3.05) is 18.1 Å². The molecule has 2 heterocycles. The Morgan fingerprint density at radius 2 is 1.39 bits per heavy atom. The first-order valence-corrected chi connectivity index (χ1v) is 13.0. The summed E-state index contributed by atoms with van der Waals surface area (Å²) in [5.74, 6) is -0.515. The van der Waals surface area contributed by atoms with Crippen LogP contribution in [0, 0.1) is 0 Å². The minimum absolute atomic E-state index is 0.0360. The fourth-order valence-corrected chi connectivity index (χ4v) is 4.75. The van der Waals surface area contributed by atoms with Crippen LogP contribution in [0.5, 0.6) is 0 Å². The molecular weight excluding hydrogens is 486 g/mol. The molecule has 11 nitrogen and oxygen atoms in total. The topological polar surface area (TPSA) is 108 Å². The fourth-order valence-electron chi connectivity index (χ4n) is 4.75. The molecule has 0 fully saturated rings. The van der Waals surface area contributed by atoms with Crippen molar-refractivity contribution in [2.24, 2.45) is 0 Å². The molecule has 0 aliphatic rings. The molecule has 3 aromatic rings. The van der Waals surface area contributed by atoms with Crippen LogP contribution in [0.15, 0.2) is 47.4 Å². The zero-order valence-corrected chi connectivity index (χ0v) is 23.5. The number of rotatable bonds is 10. The predicted molar refractivity (Wildman–Crippen MR) is 145 cm³/mol. The van der Waals surface area contributed by atoms with Crippen LogP contribution in [-0.4, -0.2) is 84.4 Å². The van der Waals surface area contributed by atoms with Gasteiger partial charge in [0.15, 0.2) is 5.58 Å². The summed E-state index contributed by atoms with van der Waals surface area (Å²) in [4.78, 5) is 53.0. The van der Waals surface area contributed by atoms with Crippen LogP contribution in [0.1, 0.15) is 55.4 Å². The lowest BCUT2D eigenvalue weighted by molar-refractivity contribution is -0.137. The van der Waals surface area contributed by atoms with E-state index in [2.05, 4.69) is 9.97 Å². The summed E-state index contributed by atoms with van der Waals surface area (Å²) in [6.07, 6.45) is 4.31. The van der Waals surface area contributed by atoms with Crippen LogP contribution in [-0.2, 0) is 9.59 Å². The highest BCUT2D eigenvalue weighted by molar-refractivity contribution is 5.88. The molecule has 0 aliphatic carbocycles. The first-order chi connectivity index (χ1) is 17.9. The van der Waals surface area contributed by atoms with Crippen LogP contribution in [0.4, 0.5) is 10.8 Å². The summed E-state index contributed by atoms with van der Waals surface area (Å²) in [5, 5.41) is 2.57. The molecule has 206 valence electrons. The zero-order valence-electron chi connectivity index (χ0n) is 23.5. The van der Waals surface area contributed by atoms with Gasteiger partial charge in [0.05, 0.1) is 0 Å². The van der Waals surface area contributed by atoms with Crippen molar-refractivity contribution in [3.63, 3.8) is 0 Å². The number of fused-ring (bicyclic) bond motifs is 1. The Morgan fingerprint density at radius 1 is 0.842 bits per heavy atom. The second-order valence-electron chi connectivity index (χ2n) is 10.3. The molecular formula is C27H39N7O4. The normalized spacial score (nSPS) is 11.6. The predicted octanol–water partition coefficient (Wildman–Crippen LogP) is 4.01. The van der Waals surface area contributed by atoms with Crippen molar-refractivity contribution in [3.05, 3.63) is 43.0 Å². The molecule has 0 aliphatic heterocycles. The number of benzene rings is 1. The smallest absolute Gasteiger partial charge is 0.348 e. The molecule has 1 aromatic carbocycles. The molecule has 38 heavy (non-hydrogen) atoms. The summed E-state index contributed by atoms with van der Waals surface area (Å²) in [6, 6.07) is 6.30. The molecule has 3 rings (SSSR count). The largest absolute Gasteiger partial charge is 0.422 e. The van der Waals surface area contributed by atoms with Gasteiger partial charge >= 0.3 is 12.0 Å². The second-order valence-corrected chi connectivity index (χ2v) is 10.3. The van der Waals surface area contributed by atoms with Crippen molar-refractivity contribution >= 4 is 35.0 Å². The van der Waals surface area contributed by atoms with Crippen LogP contribution in [0.3, 0.4) is 0 Å². The fraction of sp³-hybridized carbons (Fsp3) is 0.519. The molecule has 0 radical (unpaired) electrons. The number of carbonyl (C=O) groups excluding carboxylic acids is 3. The summed E-state index contributed by atoms with van der Waals surface area (Å²) < 4.78 is 7.27. The Labute approximate surface area is 224 Å². The molecule has 0 unspecified atom stereocenters. The maximum atomic E-state index is 13.8. The Morgan fingerprint density at radius 3 is 1.89 bits per heavy atom. The number of anilines is 1. The van der Waals surface area contributed by atoms with Crippen LogP contribution >= 0.6 is 0 Å². The zero-order chi connectivity index (χ0) is 28.1. The van der Waals surface area contributed by atoms with Gasteiger partial charge in [0.1, 0.15) is 24.9 Å². The van der Waals surface area contributed by atoms with E-state index < -0.39 is 6.03 Å². The summed E-state index contributed by atoms with van der Waals surface area (Å²) >= 11 is 0. The first kappa shape index (κ1) is 28.7. The number of amides is 3. The molecule has 0 spiro atoms. The monoisotopic (exact) mass is 525 g/mol. The lowest BCUT2D eigenvalue weighted by Crippen LogP contribution is -2.58. The molecule has 3 amide bonds. The number of hydrazine groups is 1. The number of oxazole rings is 1. The molecule has 11 heteroatoms. The lowest BCUT2D eigenvalue weighted by Gasteiger charge is -2.38. The highest BCUT2D eigenvalue weighted by Crippen LogP contribution is 2.24. The van der Waals surface area contributed by atoms with Gasteiger partial charge in [-0.15, -0.1) is 0 Å². The Bertz CT molecular complexity index is 1180. The Hall–Kier alpha value is -3.89. The van der Waals surface area contributed by atoms with E-state index in [0.29, 0.717) is 11.1 Å². The van der Waals surface area contributed by atoms with Gasteiger partial charge in [0.25, 0.3) is 0 Å². The highest BCUT2D eigenvalue weighted by Gasteiger charge is 2.35.